The van der Waals surface area contributed by atoms with E-state index in [4.69, 9.17) is 15.2 Å². The minimum Gasteiger partial charge on any atom is -0.493 e. The topological polar surface area (TPSA) is 73.6 Å². The van der Waals surface area contributed by atoms with Gasteiger partial charge in [0.2, 0.25) is 0 Å². The highest BCUT2D eigenvalue weighted by molar-refractivity contribution is 5.77. The highest BCUT2D eigenvalue weighted by atomic mass is 16.5. The monoisotopic (exact) mass is 266 g/mol. The zero-order valence-corrected chi connectivity index (χ0v) is 11.6. The van der Waals surface area contributed by atoms with Crippen LogP contribution in [0.3, 0.4) is 0 Å². The predicted molar refractivity (Wildman–Crippen MR) is 74.3 cm³/mol. The summed E-state index contributed by atoms with van der Waals surface area (Å²) in [4.78, 5) is 11.6. The first kappa shape index (κ1) is 15.3. The predicted octanol–water partition coefficient (Wildman–Crippen LogP) is 1.45. The molecule has 0 unspecified atom stereocenters. The molecular formula is C14H22N2O3. The highest BCUT2D eigenvalue weighted by Crippen LogP contribution is 2.30. The molecule has 1 amide bonds. The molecule has 0 heterocycles. The Balaban J connectivity index is 2.58. The summed E-state index contributed by atoms with van der Waals surface area (Å²) in [7, 11) is 1.56. The van der Waals surface area contributed by atoms with E-state index in [1.54, 1.807) is 13.2 Å². The number of nitrogens with two attached hydrogens (primary N) is 1. The number of para-hydroxylation sites is 1. The fourth-order valence-electron chi connectivity index (χ4n) is 1.64. The van der Waals surface area contributed by atoms with Crippen molar-refractivity contribution in [1.82, 2.24) is 5.32 Å². The first-order chi connectivity index (χ1) is 9.22. The summed E-state index contributed by atoms with van der Waals surface area (Å²) in [6.07, 6.45) is 2.01. The molecule has 0 saturated carbocycles. The number of hydrogen-bond donors (Lipinski definition) is 2. The second-order valence-corrected chi connectivity index (χ2v) is 4.14. The average Bonchev–Trinajstić information content (AvgIpc) is 2.44. The minimum absolute atomic E-state index is 0.0307. The molecule has 0 radical (unpaired) electrons. The van der Waals surface area contributed by atoms with E-state index in [9.17, 15) is 4.79 Å². The summed E-state index contributed by atoms with van der Waals surface area (Å²) in [6.45, 7) is 3.06. The average molecular weight is 266 g/mol. The van der Waals surface area contributed by atoms with Gasteiger partial charge in [-0.2, -0.15) is 0 Å². The van der Waals surface area contributed by atoms with Gasteiger partial charge in [-0.25, -0.2) is 0 Å². The number of rotatable bonds is 8. The molecule has 0 atom stereocenters. The Morgan fingerprint density at radius 2 is 2.21 bits per heavy atom. The van der Waals surface area contributed by atoms with Gasteiger partial charge in [-0.3, -0.25) is 4.79 Å². The van der Waals surface area contributed by atoms with E-state index in [2.05, 4.69) is 12.2 Å². The normalized spacial score (nSPS) is 10.1. The van der Waals surface area contributed by atoms with E-state index in [0.717, 1.165) is 18.4 Å². The van der Waals surface area contributed by atoms with Crippen LogP contribution in [0.5, 0.6) is 11.5 Å². The summed E-state index contributed by atoms with van der Waals surface area (Å²) in [5.74, 6) is 0.991. The Kier molecular flexibility index (Phi) is 6.74. The van der Waals surface area contributed by atoms with E-state index in [1.165, 1.54) is 0 Å². The number of amides is 1. The Bertz CT molecular complexity index is 385. The third-order valence-electron chi connectivity index (χ3n) is 2.70. The fraction of sp³-hybridized carbons (Fsp3) is 0.500. The maximum Gasteiger partial charge on any atom is 0.257 e. The van der Waals surface area contributed by atoms with Crippen molar-refractivity contribution in [3.05, 3.63) is 23.8 Å². The number of nitrogens with one attached hydrogen (secondary N) is 1. The summed E-state index contributed by atoms with van der Waals surface area (Å²) in [5, 5.41) is 2.79. The van der Waals surface area contributed by atoms with Gasteiger partial charge in [0.1, 0.15) is 0 Å². The summed E-state index contributed by atoms with van der Waals surface area (Å²) >= 11 is 0. The molecule has 0 aliphatic heterocycles. The largest absolute Gasteiger partial charge is 0.493 e. The lowest BCUT2D eigenvalue weighted by Crippen LogP contribution is -2.29. The Hall–Kier alpha value is -1.75. The molecule has 106 valence electrons. The molecule has 0 aromatic heterocycles. The molecule has 19 heavy (non-hydrogen) atoms. The van der Waals surface area contributed by atoms with Crippen molar-refractivity contribution in [2.45, 2.75) is 26.3 Å². The molecule has 3 N–H and O–H groups in total. The highest BCUT2D eigenvalue weighted by Gasteiger charge is 2.11. The quantitative estimate of drug-likeness (QED) is 0.698. The molecule has 5 heteroatoms. The third-order valence-corrected chi connectivity index (χ3v) is 2.70. The maximum absolute atomic E-state index is 11.6. The molecule has 1 rings (SSSR count). The van der Waals surface area contributed by atoms with Gasteiger partial charge in [0.15, 0.2) is 18.1 Å². The van der Waals surface area contributed by atoms with Crippen molar-refractivity contribution >= 4 is 5.91 Å². The van der Waals surface area contributed by atoms with Crippen LogP contribution in [0.2, 0.25) is 0 Å². The third kappa shape index (κ3) is 4.79. The van der Waals surface area contributed by atoms with Crippen molar-refractivity contribution in [3.8, 4) is 11.5 Å². The van der Waals surface area contributed by atoms with Gasteiger partial charge in [0.05, 0.1) is 7.11 Å². The molecule has 0 aliphatic rings. The minimum atomic E-state index is -0.137. The molecule has 5 nitrogen and oxygen atoms in total. The molecule has 1 aromatic carbocycles. The van der Waals surface area contributed by atoms with Gasteiger partial charge >= 0.3 is 0 Å². The van der Waals surface area contributed by atoms with Crippen molar-refractivity contribution in [1.29, 1.82) is 0 Å². The van der Waals surface area contributed by atoms with Crippen LogP contribution < -0.4 is 20.5 Å². The summed E-state index contributed by atoms with van der Waals surface area (Å²) in [6, 6.07) is 5.48. The maximum atomic E-state index is 11.6. The number of carbonyl (C=O) groups is 1. The Morgan fingerprint density at radius 3 is 2.84 bits per heavy atom. The Morgan fingerprint density at radius 1 is 1.42 bits per heavy atom. The number of unbranched alkanes of at least 4 members (excludes halogenated alkanes) is 1. The molecule has 0 fully saturated rings. The Labute approximate surface area is 114 Å². The first-order valence-electron chi connectivity index (χ1n) is 6.48. The van der Waals surface area contributed by atoms with E-state index < -0.39 is 0 Å². The molecule has 0 spiro atoms. The lowest BCUT2D eigenvalue weighted by molar-refractivity contribution is -0.123. The molecule has 1 aromatic rings. The lowest BCUT2D eigenvalue weighted by Gasteiger charge is -2.14. The van der Waals surface area contributed by atoms with Gasteiger partial charge in [0.25, 0.3) is 5.91 Å². The van der Waals surface area contributed by atoms with Crippen molar-refractivity contribution in [2.24, 2.45) is 5.73 Å². The van der Waals surface area contributed by atoms with Crippen LogP contribution in [0.25, 0.3) is 0 Å². The smallest absolute Gasteiger partial charge is 0.257 e. The van der Waals surface area contributed by atoms with Crippen LogP contribution in [0.15, 0.2) is 18.2 Å². The van der Waals surface area contributed by atoms with Crippen molar-refractivity contribution in [2.75, 3.05) is 20.3 Å². The summed E-state index contributed by atoms with van der Waals surface area (Å²) in [5.41, 5.74) is 6.46. The first-order valence-corrected chi connectivity index (χ1v) is 6.48. The summed E-state index contributed by atoms with van der Waals surface area (Å²) < 4.78 is 10.7. The second-order valence-electron chi connectivity index (χ2n) is 4.14. The van der Waals surface area contributed by atoms with Gasteiger partial charge in [-0.15, -0.1) is 0 Å². The standard InChI is InChI=1S/C14H22N2O3/c1-3-4-8-16-13(17)10-19-14-11(9-15)6-5-7-12(14)18-2/h5-7H,3-4,8-10,15H2,1-2H3,(H,16,17). The number of hydrogen-bond acceptors (Lipinski definition) is 4. The van der Waals surface area contributed by atoms with Crippen LogP contribution >= 0.6 is 0 Å². The van der Waals surface area contributed by atoms with Crippen LogP contribution in [0.1, 0.15) is 25.3 Å². The SMILES string of the molecule is CCCCNC(=O)COc1c(CN)cccc1OC. The lowest BCUT2D eigenvalue weighted by atomic mass is 10.2. The molecule has 0 aliphatic carbocycles. The second kappa shape index (κ2) is 8.37. The van der Waals surface area contributed by atoms with Crippen molar-refractivity contribution < 1.29 is 14.3 Å². The van der Waals surface area contributed by atoms with Crippen LogP contribution in [-0.2, 0) is 11.3 Å². The van der Waals surface area contributed by atoms with Gasteiger partial charge in [-0.1, -0.05) is 25.5 Å². The number of benzene rings is 1. The van der Waals surface area contributed by atoms with Gasteiger partial charge in [0, 0.05) is 18.7 Å². The van der Waals surface area contributed by atoms with Gasteiger partial charge in [-0.05, 0) is 12.5 Å². The molecule has 0 bridgehead atoms. The molecule has 0 saturated heterocycles. The zero-order valence-electron chi connectivity index (χ0n) is 11.6. The van der Waals surface area contributed by atoms with Gasteiger partial charge < -0.3 is 20.5 Å². The zero-order chi connectivity index (χ0) is 14.1. The number of ether oxygens (including phenoxy) is 2. The van der Waals surface area contributed by atoms with Crippen LogP contribution in [0, 0.1) is 0 Å². The van der Waals surface area contributed by atoms with E-state index in [0.29, 0.717) is 24.6 Å². The number of carbonyl (C=O) groups excluding carboxylic acids is 1. The van der Waals surface area contributed by atoms with Crippen LogP contribution in [0.4, 0.5) is 0 Å². The van der Waals surface area contributed by atoms with E-state index in [1.807, 2.05) is 12.1 Å². The van der Waals surface area contributed by atoms with Crippen molar-refractivity contribution in [3.63, 3.8) is 0 Å². The van der Waals surface area contributed by atoms with E-state index in [-0.39, 0.29) is 12.5 Å². The molecular weight excluding hydrogens is 244 g/mol. The van der Waals surface area contributed by atoms with Crippen LogP contribution in [-0.4, -0.2) is 26.2 Å². The fourth-order valence-corrected chi connectivity index (χ4v) is 1.64. The van der Waals surface area contributed by atoms with E-state index >= 15 is 0 Å². The number of methoxy groups -OCH3 is 1.